The van der Waals surface area contributed by atoms with Crippen LogP contribution in [-0.2, 0) is 0 Å². The van der Waals surface area contributed by atoms with Crippen LogP contribution >= 0.6 is 0 Å². The monoisotopic (exact) mass is 470 g/mol. The Labute approximate surface area is 201 Å². The summed E-state index contributed by atoms with van der Waals surface area (Å²) < 4.78 is 32.7. The molecule has 1 fully saturated rings. The van der Waals surface area contributed by atoms with Crippen molar-refractivity contribution >= 4 is 12.4 Å². The van der Waals surface area contributed by atoms with E-state index in [-0.39, 0.29) is 12.1 Å². The van der Waals surface area contributed by atoms with Crippen molar-refractivity contribution < 1.29 is 28.4 Å². The number of benzene rings is 2. The summed E-state index contributed by atoms with van der Waals surface area (Å²) in [7, 11) is 9.64. The molecule has 1 aliphatic carbocycles. The van der Waals surface area contributed by atoms with Crippen LogP contribution in [0.1, 0.15) is 36.8 Å². The summed E-state index contributed by atoms with van der Waals surface area (Å²) in [6.45, 7) is 0. The van der Waals surface area contributed by atoms with Gasteiger partial charge in [-0.2, -0.15) is 0 Å². The van der Waals surface area contributed by atoms with Crippen molar-refractivity contribution in [1.29, 1.82) is 0 Å². The van der Waals surface area contributed by atoms with Crippen LogP contribution in [0, 0.1) is 0 Å². The van der Waals surface area contributed by atoms with Gasteiger partial charge in [0.2, 0.25) is 11.5 Å². The predicted octanol–water partition coefficient (Wildman–Crippen LogP) is 4.59. The Balaban J connectivity index is 1.65. The second-order valence-electron chi connectivity index (χ2n) is 7.87. The van der Waals surface area contributed by atoms with E-state index in [2.05, 4.69) is 0 Å². The maximum absolute atomic E-state index is 5.55. The van der Waals surface area contributed by atoms with Crippen molar-refractivity contribution in [2.75, 3.05) is 42.7 Å². The number of nitrogens with zero attached hydrogens (tertiary/aromatic N) is 2. The highest BCUT2D eigenvalue weighted by Crippen LogP contribution is 2.40. The fourth-order valence-electron chi connectivity index (χ4n) is 4.18. The van der Waals surface area contributed by atoms with Crippen LogP contribution in [-0.4, -0.2) is 67.2 Å². The first-order valence-corrected chi connectivity index (χ1v) is 11.2. The Morgan fingerprint density at radius 3 is 1.18 bits per heavy atom. The number of rotatable bonds is 10. The van der Waals surface area contributed by atoms with Crippen LogP contribution < -0.4 is 28.4 Å². The molecule has 1 saturated carbocycles. The fraction of sp³-hybridized carbons (Fsp3) is 0.462. The normalized spacial score (nSPS) is 18.2. The summed E-state index contributed by atoms with van der Waals surface area (Å²) in [6.07, 6.45) is 7.61. The highest BCUT2D eigenvalue weighted by Gasteiger charge is 2.21. The molecule has 3 rings (SSSR count). The highest BCUT2D eigenvalue weighted by molar-refractivity contribution is 5.87. The molecule has 184 valence electrons. The number of aliphatic imine (C=N–C) groups is 2. The number of hydrogen-bond donors (Lipinski definition) is 0. The summed E-state index contributed by atoms with van der Waals surface area (Å²) in [5, 5.41) is 0. The van der Waals surface area contributed by atoms with Gasteiger partial charge in [0.05, 0.1) is 54.7 Å². The Kier molecular flexibility index (Phi) is 9.01. The Bertz CT molecular complexity index is 931. The van der Waals surface area contributed by atoms with Crippen LogP contribution in [0.3, 0.4) is 0 Å². The predicted molar refractivity (Wildman–Crippen MR) is 133 cm³/mol. The van der Waals surface area contributed by atoms with Crippen molar-refractivity contribution in [3.63, 3.8) is 0 Å². The van der Waals surface area contributed by atoms with Crippen LogP contribution in [0.2, 0.25) is 0 Å². The summed E-state index contributed by atoms with van der Waals surface area (Å²) in [6, 6.07) is 8.07. The van der Waals surface area contributed by atoms with Gasteiger partial charge in [0.15, 0.2) is 23.0 Å². The molecular formula is C26H34N2O6. The first-order chi connectivity index (χ1) is 16.6. The Morgan fingerprint density at radius 1 is 0.529 bits per heavy atom. The molecule has 0 spiro atoms. The zero-order valence-electron chi connectivity index (χ0n) is 20.8. The van der Waals surface area contributed by atoms with E-state index in [0.29, 0.717) is 34.5 Å². The lowest BCUT2D eigenvalue weighted by Crippen LogP contribution is -2.20. The molecule has 0 aliphatic heterocycles. The first-order valence-electron chi connectivity index (χ1n) is 11.2. The van der Waals surface area contributed by atoms with Gasteiger partial charge in [0, 0.05) is 23.6 Å². The molecule has 0 bridgehead atoms. The fourth-order valence-corrected chi connectivity index (χ4v) is 4.18. The third-order valence-electron chi connectivity index (χ3n) is 5.98. The van der Waals surface area contributed by atoms with E-state index in [4.69, 9.17) is 38.4 Å². The van der Waals surface area contributed by atoms with Crippen LogP contribution in [0.25, 0.3) is 0 Å². The third-order valence-corrected chi connectivity index (χ3v) is 5.98. The summed E-state index contributed by atoms with van der Waals surface area (Å²) in [5.74, 6) is 3.62. The lowest BCUT2D eigenvalue weighted by Gasteiger charge is -2.23. The molecule has 0 aromatic heterocycles. The average molecular weight is 471 g/mol. The van der Waals surface area contributed by atoms with Gasteiger partial charge in [-0.3, -0.25) is 9.98 Å². The largest absolute Gasteiger partial charge is 0.493 e. The minimum atomic E-state index is 0.250. The maximum Gasteiger partial charge on any atom is 0.203 e. The summed E-state index contributed by atoms with van der Waals surface area (Å²) in [4.78, 5) is 9.62. The number of ether oxygens (including phenoxy) is 6. The molecule has 34 heavy (non-hydrogen) atoms. The standard InChI is InChI=1S/C26H34N2O6/c1-29-21-13-7-17(23(31-3)25(21)33-5)15-27-19-9-11-20(12-10-19)28-16-18-8-14-22(30-2)26(34-6)24(18)32-4/h7-8,13-16,19-20H,9-12H2,1-6H3. The lowest BCUT2D eigenvalue weighted by molar-refractivity contribution is 0.324. The molecule has 1 aliphatic rings. The molecule has 8 heteroatoms. The Hall–Kier alpha value is -3.42. The SMILES string of the molecule is COc1ccc(C=NC2CCC(N=Cc3ccc(OC)c(OC)c3OC)CC2)c(OC)c1OC. The molecular weight excluding hydrogens is 436 g/mol. The molecule has 0 heterocycles. The van der Waals surface area contributed by atoms with Crippen molar-refractivity contribution in [2.45, 2.75) is 37.8 Å². The first kappa shape index (κ1) is 25.2. The third kappa shape index (κ3) is 5.55. The van der Waals surface area contributed by atoms with Crippen molar-refractivity contribution in [3.05, 3.63) is 35.4 Å². The van der Waals surface area contributed by atoms with Crippen molar-refractivity contribution in [3.8, 4) is 34.5 Å². The molecule has 2 aromatic carbocycles. The molecule has 0 radical (unpaired) electrons. The molecule has 0 unspecified atom stereocenters. The van der Waals surface area contributed by atoms with Crippen molar-refractivity contribution in [2.24, 2.45) is 9.98 Å². The zero-order chi connectivity index (χ0) is 24.5. The molecule has 8 nitrogen and oxygen atoms in total. The van der Waals surface area contributed by atoms with Crippen LogP contribution in [0.5, 0.6) is 34.5 Å². The average Bonchev–Trinajstić information content (AvgIpc) is 2.89. The molecule has 0 amide bonds. The second kappa shape index (κ2) is 12.2. The van der Waals surface area contributed by atoms with Crippen LogP contribution in [0.15, 0.2) is 34.3 Å². The van der Waals surface area contributed by atoms with Gasteiger partial charge >= 0.3 is 0 Å². The lowest BCUT2D eigenvalue weighted by atomic mass is 9.92. The van der Waals surface area contributed by atoms with E-state index >= 15 is 0 Å². The number of hydrogen-bond acceptors (Lipinski definition) is 8. The molecule has 2 aromatic rings. The van der Waals surface area contributed by atoms with Crippen molar-refractivity contribution in [1.82, 2.24) is 0 Å². The van der Waals surface area contributed by atoms with E-state index in [0.717, 1.165) is 36.8 Å². The van der Waals surface area contributed by atoms with E-state index < -0.39 is 0 Å². The van der Waals surface area contributed by atoms with E-state index in [1.54, 1.807) is 42.7 Å². The van der Waals surface area contributed by atoms with Gasteiger partial charge in [0.25, 0.3) is 0 Å². The topological polar surface area (TPSA) is 80.1 Å². The van der Waals surface area contributed by atoms with Gasteiger partial charge in [-0.1, -0.05) is 0 Å². The van der Waals surface area contributed by atoms with Gasteiger partial charge in [-0.25, -0.2) is 0 Å². The van der Waals surface area contributed by atoms with Gasteiger partial charge in [-0.15, -0.1) is 0 Å². The van der Waals surface area contributed by atoms with Gasteiger partial charge in [0.1, 0.15) is 0 Å². The van der Waals surface area contributed by atoms with E-state index in [1.807, 2.05) is 36.7 Å². The Morgan fingerprint density at radius 2 is 0.882 bits per heavy atom. The van der Waals surface area contributed by atoms with Crippen LogP contribution in [0.4, 0.5) is 0 Å². The molecule has 0 N–H and O–H groups in total. The van der Waals surface area contributed by atoms with Gasteiger partial charge < -0.3 is 28.4 Å². The molecule has 0 atom stereocenters. The summed E-state index contributed by atoms with van der Waals surface area (Å²) >= 11 is 0. The molecule has 0 saturated heterocycles. The second-order valence-corrected chi connectivity index (χ2v) is 7.87. The minimum absolute atomic E-state index is 0.250. The smallest absolute Gasteiger partial charge is 0.203 e. The van der Waals surface area contributed by atoms with Gasteiger partial charge in [-0.05, 0) is 49.9 Å². The number of methoxy groups -OCH3 is 6. The minimum Gasteiger partial charge on any atom is -0.493 e. The van der Waals surface area contributed by atoms with E-state index in [9.17, 15) is 0 Å². The highest BCUT2D eigenvalue weighted by atomic mass is 16.5. The zero-order valence-corrected chi connectivity index (χ0v) is 20.8. The quantitative estimate of drug-likeness (QED) is 0.473. The van der Waals surface area contributed by atoms with E-state index in [1.165, 1.54) is 0 Å². The maximum atomic E-state index is 5.55. The summed E-state index contributed by atoms with van der Waals surface area (Å²) in [5.41, 5.74) is 1.72.